The van der Waals surface area contributed by atoms with E-state index >= 15 is 0 Å². The Morgan fingerprint density at radius 2 is 1.89 bits per heavy atom. The van der Waals surface area contributed by atoms with Crippen molar-refractivity contribution in [2.24, 2.45) is 0 Å². The van der Waals surface area contributed by atoms with Gasteiger partial charge in [-0.1, -0.05) is 11.2 Å². The molecule has 0 fully saturated rings. The average molecular weight is 400 g/mol. The first kappa shape index (κ1) is 18.6. The summed E-state index contributed by atoms with van der Waals surface area (Å²) in [5, 5.41) is 3.80. The van der Waals surface area contributed by atoms with E-state index in [1.165, 1.54) is 10.6 Å². The van der Waals surface area contributed by atoms with Crippen LogP contribution in [0.4, 0.5) is 0 Å². The zero-order valence-corrected chi connectivity index (χ0v) is 16.6. The molecule has 0 N–H and O–H groups in total. The van der Waals surface area contributed by atoms with Crippen molar-refractivity contribution in [2.75, 3.05) is 6.61 Å². The Morgan fingerprint density at radius 1 is 1.14 bits per heavy atom. The third kappa shape index (κ3) is 3.16. The van der Waals surface area contributed by atoms with Gasteiger partial charge < -0.3 is 9.26 Å². The highest BCUT2D eigenvalue weighted by atomic mass is 32.2. The molecule has 0 aliphatic carbocycles. The molecule has 1 aliphatic heterocycles. The zero-order chi connectivity index (χ0) is 19.9. The van der Waals surface area contributed by atoms with Crippen molar-refractivity contribution in [1.82, 2.24) is 19.4 Å². The van der Waals surface area contributed by atoms with Crippen LogP contribution in [0.3, 0.4) is 0 Å². The second kappa shape index (κ2) is 6.99. The van der Waals surface area contributed by atoms with Crippen LogP contribution in [0.5, 0.6) is 5.75 Å². The maximum atomic E-state index is 13.4. The molecule has 28 heavy (non-hydrogen) atoms. The summed E-state index contributed by atoms with van der Waals surface area (Å²) < 4.78 is 39.1. The summed E-state index contributed by atoms with van der Waals surface area (Å²) in [5.74, 6) is 0.953. The second-order valence-electron chi connectivity index (χ2n) is 6.81. The zero-order valence-electron chi connectivity index (χ0n) is 15.8. The fourth-order valence-corrected chi connectivity index (χ4v) is 5.26. The Bertz CT molecular complexity index is 1090. The van der Waals surface area contributed by atoms with Gasteiger partial charge in [-0.2, -0.15) is 4.31 Å². The number of aryl methyl sites for hydroxylation is 2. The van der Waals surface area contributed by atoms with E-state index in [0.717, 1.165) is 16.7 Å². The summed E-state index contributed by atoms with van der Waals surface area (Å²) in [6, 6.07) is 5.34. The number of nitrogens with zero attached hydrogens (tertiary/aromatic N) is 4. The molecule has 0 bridgehead atoms. The minimum Gasteiger partial charge on any atom is -0.492 e. The van der Waals surface area contributed by atoms with Crippen LogP contribution in [0, 0.1) is 13.8 Å². The number of aromatic nitrogens is 3. The first-order chi connectivity index (χ1) is 13.4. The number of fused-ring (bicyclic) bond motifs is 1. The van der Waals surface area contributed by atoms with Crippen LogP contribution in [0.1, 0.15) is 23.9 Å². The van der Waals surface area contributed by atoms with Crippen LogP contribution >= 0.6 is 0 Å². The van der Waals surface area contributed by atoms with Crippen molar-refractivity contribution in [3.8, 4) is 16.9 Å². The smallest absolute Gasteiger partial charge is 0.249 e. The lowest BCUT2D eigenvalue weighted by Crippen LogP contribution is -2.40. The molecule has 2 aromatic heterocycles. The van der Waals surface area contributed by atoms with E-state index in [2.05, 4.69) is 15.1 Å². The summed E-state index contributed by atoms with van der Waals surface area (Å²) in [6.45, 7) is 5.50. The van der Waals surface area contributed by atoms with E-state index in [4.69, 9.17) is 9.26 Å². The number of benzene rings is 1. The molecule has 4 rings (SSSR count). The minimum absolute atomic E-state index is 0.121. The van der Waals surface area contributed by atoms with Gasteiger partial charge in [-0.25, -0.2) is 18.4 Å². The molecular formula is C19H20N4O4S. The predicted octanol–water partition coefficient (Wildman–Crippen LogP) is 2.72. The summed E-state index contributed by atoms with van der Waals surface area (Å²) in [5.41, 5.74) is 2.88. The van der Waals surface area contributed by atoms with E-state index in [1.807, 2.05) is 25.1 Å². The molecular weight excluding hydrogens is 380 g/mol. The van der Waals surface area contributed by atoms with Crippen LogP contribution < -0.4 is 4.74 Å². The number of hydrogen-bond donors (Lipinski definition) is 0. The van der Waals surface area contributed by atoms with Crippen molar-refractivity contribution >= 4 is 10.0 Å². The SMILES string of the molecule is Cc1noc(C)c1S(=O)(=O)N1Cc2cc(-c3cncnc3)ccc2OC[C@@H]1C. The van der Waals surface area contributed by atoms with Crippen LogP contribution in [0.15, 0.2) is 46.3 Å². The van der Waals surface area contributed by atoms with Gasteiger partial charge >= 0.3 is 0 Å². The minimum atomic E-state index is -3.80. The first-order valence-electron chi connectivity index (χ1n) is 8.83. The Balaban J connectivity index is 1.76. The average Bonchev–Trinajstić information content (AvgIpc) is 2.93. The van der Waals surface area contributed by atoms with Gasteiger partial charge in [-0.3, -0.25) is 0 Å². The molecule has 0 amide bonds. The molecule has 0 saturated heterocycles. The molecule has 1 aliphatic rings. The normalized spacial score (nSPS) is 17.6. The van der Waals surface area contributed by atoms with Gasteiger partial charge in [0.1, 0.15) is 29.3 Å². The molecule has 1 atom stereocenters. The van der Waals surface area contributed by atoms with Crippen molar-refractivity contribution in [3.63, 3.8) is 0 Å². The van der Waals surface area contributed by atoms with Crippen LogP contribution in [0.2, 0.25) is 0 Å². The van der Waals surface area contributed by atoms with Crippen LogP contribution in [-0.2, 0) is 16.6 Å². The Kier molecular flexibility index (Phi) is 4.64. The fraction of sp³-hybridized carbons (Fsp3) is 0.316. The standard InChI is InChI=1S/C19H20N4O4S/c1-12-10-26-18-5-4-15(17-7-20-11-21-8-17)6-16(18)9-23(12)28(24,25)19-13(2)22-27-14(19)3/h4-8,11-12H,9-10H2,1-3H3/t12-/m0/s1. The number of ether oxygens (including phenoxy) is 1. The molecule has 146 valence electrons. The molecule has 3 aromatic rings. The lowest BCUT2D eigenvalue weighted by Gasteiger charge is -2.25. The molecule has 1 aromatic carbocycles. The van der Waals surface area contributed by atoms with Gasteiger partial charge in [-0.05, 0) is 38.5 Å². The monoisotopic (exact) mass is 400 g/mol. The summed E-state index contributed by atoms with van der Waals surface area (Å²) >= 11 is 0. The maximum absolute atomic E-state index is 13.4. The Hall–Kier alpha value is -2.78. The second-order valence-corrected chi connectivity index (χ2v) is 8.64. The first-order valence-corrected chi connectivity index (χ1v) is 10.3. The molecule has 0 saturated carbocycles. The number of hydrogen-bond acceptors (Lipinski definition) is 7. The van der Waals surface area contributed by atoms with Crippen molar-refractivity contribution in [1.29, 1.82) is 0 Å². The van der Waals surface area contributed by atoms with Gasteiger partial charge in [0.15, 0.2) is 5.76 Å². The Morgan fingerprint density at radius 3 is 2.57 bits per heavy atom. The highest BCUT2D eigenvalue weighted by Crippen LogP contribution is 2.33. The molecule has 0 spiro atoms. The number of rotatable bonds is 3. The third-order valence-corrected chi connectivity index (χ3v) is 6.99. The summed E-state index contributed by atoms with van der Waals surface area (Å²) in [6.07, 6.45) is 4.90. The number of sulfonamides is 1. The topological polar surface area (TPSA) is 98.4 Å². The lowest BCUT2D eigenvalue weighted by atomic mass is 10.0. The highest BCUT2D eigenvalue weighted by molar-refractivity contribution is 7.89. The van der Waals surface area contributed by atoms with Gasteiger partial charge in [0.25, 0.3) is 0 Å². The lowest BCUT2D eigenvalue weighted by molar-refractivity contribution is 0.233. The van der Waals surface area contributed by atoms with E-state index in [9.17, 15) is 8.42 Å². The fourth-order valence-electron chi connectivity index (χ4n) is 3.37. The third-order valence-electron chi connectivity index (χ3n) is 4.79. The van der Waals surface area contributed by atoms with E-state index in [0.29, 0.717) is 11.4 Å². The van der Waals surface area contributed by atoms with E-state index < -0.39 is 10.0 Å². The van der Waals surface area contributed by atoms with Gasteiger partial charge in [0.05, 0.1) is 6.04 Å². The quantitative estimate of drug-likeness (QED) is 0.666. The predicted molar refractivity (Wildman–Crippen MR) is 101 cm³/mol. The summed E-state index contributed by atoms with van der Waals surface area (Å²) in [4.78, 5) is 8.21. The van der Waals surface area contributed by atoms with E-state index in [-0.39, 0.29) is 29.8 Å². The van der Waals surface area contributed by atoms with Gasteiger partial charge in [0, 0.05) is 30.1 Å². The van der Waals surface area contributed by atoms with Gasteiger partial charge in [0.2, 0.25) is 10.0 Å². The Labute approximate surface area is 163 Å². The van der Waals surface area contributed by atoms with Crippen LogP contribution in [-0.4, -0.2) is 40.5 Å². The largest absolute Gasteiger partial charge is 0.492 e. The molecule has 8 nitrogen and oxygen atoms in total. The van der Waals surface area contributed by atoms with Crippen molar-refractivity contribution < 1.29 is 17.7 Å². The van der Waals surface area contributed by atoms with E-state index in [1.54, 1.807) is 26.2 Å². The molecule has 0 unspecified atom stereocenters. The molecule has 0 radical (unpaired) electrons. The highest BCUT2D eigenvalue weighted by Gasteiger charge is 2.36. The van der Waals surface area contributed by atoms with Gasteiger partial charge in [-0.15, -0.1) is 0 Å². The maximum Gasteiger partial charge on any atom is 0.249 e. The van der Waals surface area contributed by atoms with Crippen LogP contribution in [0.25, 0.3) is 11.1 Å². The molecule has 9 heteroatoms. The molecule has 3 heterocycles. The van der Waals surface area contributed by atoms with Crippen molar-refractivity contribution in [2.45, 2.75) is 38.3 Å². The summed E-state index contributed by atoms with van der Waals surface area (Å²) in [7, 11) is -3.80. The van der Waals surface area contributed by atoms with Crippen molar-refractivity contribution in [3.05, 3.63) is 53.9 Å².